The van der Waals surface area contributed by atoms with Crippen molar-refractivity contribution in [2.24, 2.45) is 0 Å². The van der Waals surface area contributed by atoms with Gasteiger partial charge in [0.05, 0.1) is 6.04 Å². The maximum absolute atomic E-state index is 13.7. The number of carbonyl (C=O) groups is 1. The molecule has 1 heterocycles. The number of rotatable bonds is 7. The van der Waals surface area contributed by atoms with Gasteiger partial charge in [0.25, 0.3) is 5.91 Å². The lowest BCUT2D eigenvalue weighted by molar-refractivity contribution is 0.0949. The molecule has 0 fully saturated rings. The number of anilines is 1. The van der Waals surface area contributed by atoms with Gasteiger partial charge in [-0.15, -0.1) is 0 Å². The van der Waals surface area contributed by atoms with Crippen molar-refractivity contribution in [1.82, 2.24) is 15.3 Å². The van der Waals surface area contributed by atoms with Crippen LogP contribution in [0.2, 0.25) is 0 Å². The quantitative estimate of drug-likeness (QED) is 0.650. The van der Waals surface area contributed by atoms with Crippen molar-refractivity contribution in [3.63, 3.8) is 0 Å². The minimum absolute atomic E-state index is 0.0000305. The third-order valence-electron chi connectivity index (χ3n) is 4.37. The highest BCUT2D eigenvalue weighted by atomic mass is 19.1. The minimum Gasteiger partial charge on any atom is -0.350 e. The lowest BCUT2D eigenvalue weighted by Crippen LogP contribution is -2.27. The maximum atomic E-state index is 13.7. The zero-order valence-corrected chi connectivity index (χ0v) is 15.9. The van der Waals surface area contributed by atoms with Crippen LogP contribution >= 0.6 is 0 Å². The number of hydrogen-bond donors (Lipinski definition) is 2. The smallest absolute Gasteiger partial charge is 0.270 e. The van der Waals surface area contributed by atoms with Crippen LogP contribution in [-0.2, 0) is 6.42 Å². The Balaban J connectivity index is 1.63. The number of aromatic nitrogens is 2. The summed E-state index contributed by atoms with van der Waals surface area (Å²) in [5.41, 5.74) is 2.64. The minimum atomic E-state index is -0.308. The second kappa shape index (κ2) is 9.08. The molecule has 1 atom stereocenters. The molecule has 0 radical (unpaired) electrons. The first-order valence-corrected chi connectivity index (χ1v) is 9.21. The van der Waals surface area contributed by atoms with Crippen molar-refractivity contribution in [3.05, 3.63) is 89.0 Å². The monoisotopic (exact) mass is 378 g/mol. The van der Waals surface area contributed by atoms with Crippen LogP contribution in [0.3, 0.4) is 0 Å². The zero-order chi connectivity index (χ0) is 19.9. The Bertz CT molecular complexity index is 946. The fourth-order valence-corrected chi connectivity index (χ4v) is 2.87. The number of halogens is 1. The fraction of sp³-hybridized carbons (Fsp3) is 0.227. The van der Waals surface area contributed by atoms with Gasteiger partial charge in [0.2, 0.25) is 5.95 Å². The van der Waals surface area contributed by atoms with E-state index in [-0.39, 0.29) is 23.5 Å². The topological polar surface area (TPSA) is 66.9 Å². The Kier molecular flexibility index (Phi) is 6.32. The van der Waals surface area contributed by atoms with Crippen LogP contribution in [0.1, 0.15) is 40.3 Å². The first-order chi connectivity index (χ1) is 13.5. The number of benzene rings is 2. The van der Waals surface area contributed by atoms with Gasteiger partial charge in [-0.2, -0.15) is 0 Å². The fourth-order valence-electron chi connectivity index (χ4n) is 2.87. The number of nitrogens with one attached hydrogen (secondary N) is 2. The van der Waals surface area contributed by atoms with Crippen molar-refractivity contribution in [2.45, 2.75) is 26.3 Å². The summed E-state index contributed by atoms with van der Waals surface area (Å²) >= 11 is 0. The lowest BCUT2D eigenvalue weighted by atomic mass is 10.1. The van der Waals surface area contributed by atoms with E-state index >= 15 is 0 Å². The standard InChI is InChI=1S/C22H23FN4O/c1-15-14-20(21(28)24-13-12-18-10-6-7-11-19(18)23)27-22(25-15)26-16(2)17-8-4-3-5-9-17/h3-11,14,16H,12-13H2,1-2H3,(H,24,28)(H,25,26,27). The van der Waals surface area contributed by atoms with Gasteiger partial charge in [-0.25, -0.2) is 14.4 Å². The highest BCUT2D eigenvalue weighted by Gasteiger charge is 2.13. The Hall–Kier alpha value is -3.28. The molecule has 5 nitrogen and oxygen atoms in total. The predicted octanol–water partition coefficient (Wildman–Crippen LogP) is 4.07. The van der Waals surface area contributed by atoms with E-state index in [0.29, 0.717) is 30.2 Å². The zero-order valence-electron chi connectivity index (χ0n) is 15.9. The van der Waals surface area contributed by atoms with E-state index in [1.165, 1.54) is 6.07 Å². The normalized spacial score (nSPS) is 11.7. The molecular weight excluding hydrogens is 355 g/mol. The molecule has 1 aromatic heterocycles. The van der Waals surface area contributed by atoms with E-state index in [0.717, 1.165) is 5.56 Å². The average molecular weight is 378 g/mol. The summed E-state index contributed by atoms with van der Waals surface area (Å²) in [5, 5.41) is 6.02. The second-order valence-corrected chi connectivity index (χ2v) is 6.59. The van der Waals surface area contributed by atoms with Gasteiger partial charge in [0.15, 0.2) is 0 Å². The van der Waals surface area contributed by atoms with E-state index in [1.807, 2.05) is 44.2 Å². The van der Waals surface area contributed by atoms with E-state index in [1.54, 1.807) is 24.3 Å². The summed E-state index contributed by atoms with van der Waals surface area (Å²) in [6, 6.07) is 18.1. The van der Waals surface area contributed by atoms with Gasteiger partial charge in [0, 0.05) is 12.2 Å². The van der Waals surface area contributed by atoms with Crippen molar-refractivity contribution in [1.29, 1.82) is 0 Å². The van der Waals surface area contributed by atoms with Gasteiger partial charge >= 0.3 is 0 Å². The molecule has 144 valence electrons. The molecule has 2 aromatic carbocycles. The highest BCUT2D eigenvalue weighted by Crippen LogP contribution is 2.17. The average Bonchev–Trinajstić information content (AvgIpc) is 2.69. The first-order valence-electron chi connectivity index (χ1n) is 9.21. The number of nitrogens with zero attached hydrogens (tertiary/aromatic N) is 2. The second-order valence-electron chi connectivity index (χ2n) is 6.59. The van der Waals surface area contributed by atoms with Gasteiger partial charge in [-0.3, -0.25) is 4.79 Å². The SMILES string of the molecule is Cc1cc(C(=O)NCCc2ccccc2F)nc(NC(C)c2ccccc2)n1. The molecule has 28 heavy (non-hydrogen) atoms. The van der Waals surface area contributed by atoms with E-state index in [9.17, 15) is 9.18 Å². The summed E-state index contributed by atoms with van der Waals surface area (Å²) in [5.74, 6) is -0.177. The largest absolute Gasteiger partial charge is 0.350 e. The van der Waals surface area contributed by atoms with E-state index in [4.69, 9.17) is 0 Å². The molecule has 0 bridgehead atoms. The molecule has 0 saturated heterocycles. The van der Waals surface area contributed by atoms with Gasteiger partial charge in [0.1, 0.15) is 11.5 Å². The van der Waals surface area contributed by atoms with Crippen LogP contribution in [0.25, 0.3) is 0 Å². The Morgan fingerprint density at radius 1 is 1.07 bits per heavy atom. The summed E-state index contributed by atoms with van der Waals surface area (Å²) < 4.78 is 13.7. The maximum Gasteiger partial charge on any atom is 0.270 e. The molecule has 2 N–H and O–H groups in total. The van der Waals surface area contributed by atoms with E-state index < -0.39 is 0 Å². The summed E-state index contributed by atoms with van der Waals surface area (Å²) in [4.78, 5) is 21.2. The number of hydrogen-bond acceptors (Lipinski definition) is 4. The van der Waals surface area contributed by atoms with Crippen LogP contribution in [-0.4, -0.2) is 22.4 Å². The van der Waals surface area contributed by atoms with Gasteiger partial charge < -0.3 is 10.6 Å². The van der Waals surface area contributed by atoms with Crippen molar-refractivity contribution in [2.75, 3.05) is 11.9 Å². The summed E-state index contributed by atoms with van der Waals surface area (Å²) in [6.07, 6.45) is 0.415. The summed E-state index contributed by atoms with van der Waals surface area (Å²) in [7, 11) is 0. The molecule has 3 aromatic rings. The van der Waals surface area contributed by atoms with Crippen molar-refractivity contribution >= 4 is 11.9 Å². The Morgan fingerprint density at radius 2 is 1.79 bits per heavy atom. The van der Waals surface area contributed by atoms with E-state index in [2.05, 4.69) is 20.6 Å². The van der Waals surface area contributed by atoms with Crippen LogP contribution in [0.15, 0.2) is 60.7 Å². The molecule has 0 aliphatic heterocycles. The number of amides is 1. The Labute approximate surface area is 164 Å². The number of aryl methyl sites for hydroxylation is 1. The molecule has 0 spiro atoms. The van der Waals surface area contributed by atoms with Crippen molar-refractivity contribution < 1.29 is 9.18 Å². The van der Waals surface area contributed by atoms with Crippen LogP contribution in [0.4, 0.5) is 10.3 Å². The number of carbonyl (C=O) groups excluding carboxylic acids is 1. The molecule has 0 saturated carbocycles. The van der Waals surface area contributed by atoms with Crippen LogP contribution in [0, 0.1) is 12.7 Å². The third kappa shape index (κ3) is 5.13. The molecular formula is C22H23FN4O. The molecule has 1 unspecified atom stereocenters. The van der Waals surface area contributed by atoms with Gasteiger partial charge in [-0.05, 0) is 43.5 Å². The molecule has 3 rings (SSSR count). The molecule has 6 heteroatoms. The molecule has 0 aliphatic carbocycles. The van der Waals surface area contributed by atoms with Crippen LogP contribution in [0.5, 0.6) is 0 Å². The van der Waals surface area contributed by atoms with Crippen molar-refractivity contribution in [3.8, 4) is 0 Å². The first kappa shape index (κ1) is 19.5. The lowest BCUT2D eigenvalue weighted by Gasteiger charge is -2.15. The highest BCUT2D eigenvalue weighted by molar-refractivity contribution is 5.92. The third-order valence-corrected chi connectivity index (χ3v) is 4.37. The molecule has 0 aliphatic rings. The predicted molar refractivity (Wildman–Crippen MR) is 108 cm³/mol. The molecule has 1 amide bonds. The Morgan fingerprint density at radius 3 is 2.54 bits per heavy atom. The summed E-state index contributed by atoms with van der Waals surface area (Å²) in [6.45, 7) is 4.15. The van der Waals surface area contributed by atoms with Gasteiger partial charge in [-0.1, -0.05) is 48.5 Å². The van der Waals surface area contributed by atoms with Crippen LogP contribution < -0.4 is 10.6 Å².